The molecule has 0 aromatic carbocycles. The van der Waals surface area contributed by atoms with Crippen molar-refractivity contribution in [3.8, 4) is 0 Å². The number of nitrogens with zero attached hydrogens (tertiary/aromatic N) is 3. The quantitative estimate of drug-likeness (QED) is 0.517. The Labute approximate surface area is 167 Å². The van der Waals surface area contributed by atoms with Crippen LogP contribution in [-0.4, -0.2) is 63.8 Å². The van der Waals surface area contributed by atoms with E-state index in [1.807, 2.05) is 11.8 Å². The van der Waals surface area contributed by atoms with Crippen molar-refractivity contribution >= 4 is 28.3 Å². The van der Waals surface area contributed by atoms with E-state index < -0.39 is 35.2 Å². The maximum atomic E-state index is 13.1. The number of hydrogen-bond acceptors (Lipinski definition) is 8. The molecule has 0 amide bonds. The van der Waals surface area contributed by atoms with E-state index in [0.717, 1.165) is 17.4 Å². The Balaban J connectivity index is 1.67. The standard InChI is InChI=1S/C17H19F3N3O5S/c1-9-8-27-16(28-9)2-4-22(5-3-16)15-21-14(24)11-6-10(17(18,19)20)7-12(23(25)26)13(11)29-15/h6,9,25-26H,2-5,7-8H2,1H3/q+1/t9-/m0/s1. The molecule has 1 aromatic heterocycles. The van der Waals surface area contributed by atoms with Crippen molar-refractivity contribution in [2.24, 2.45) is 0 Å². The van der Waals surface area contributed by atoms with Gasteiger partial charge in [0, 0.05) is 31.5 Å². The van der Waals surface area contributed by atoms with Gasteiger partial charge in [-0.15, -0.1) is 0 Å². The maximum absolute atomic E-state index is 13.1. The average molecular weight is 434 g/mol. The van der Waals surface area contributed by atoms with Gasteiger partial charge in [-0.1, -0.05) is 11.3 Å². The van der Waals surface area contributed by atoms with Gasteiger partial charge in [-0.3, -0.25) is 4.79 Å². The molecule has 4 rings (SSSR count). The third-order valence-corrected chi connectivity index (χ3v) is 6.39. The summed E-state index contributed by atoms with van der Waals surface area (Å²) in [5.74, 6) is -0.649. The minimum absolute atomic E-state index is 0.00587. The molecule has 0 radical (unpaired) electrons. The number of ether oxygens (including phenoxy) is 2. The van der Waals surface area contributed by atoms with Gasteiger partial charge >= 0.3 is 11.9 Å². The Hall–Kier alpha value is -2.18. The normalized spacial score (nSPS) is 23.9. The zero-order valence-electron chi connectivity index (χ0n) is 15.4. The fraction of sp³-hybridized carbons (Fsp3) is 0.588. The summed E-state index contributed by atoms with van der Waals surface area (Å²) in [6.07, 6.45) is -3.62. The third kappa shape index (κ3) is 3.71. The Kier molecular flexibility index (Phi) is 4.82. The summed E-state index contributed by atoms with van der Waals surface area (Å²) < 4.78 is 51.0. The predicted octanol–water partition coefficient (Wildman–Crippen LogP) is 2.16. The first-order valence-electron chi connectivity index (χ1n) is 9.02. The lowest BCUT2D eigenvalue weighted by atomic mass is 9.97. The smallest absolute Gasteiger partial charge is 0.348 e. The molecule has 2 aliphatic heterocycles. The molecule has 3 aliphatic rings. The van der Waals surface area contributed by atoms with Crippen LogP contribution in [0.5, 0.6) is 0 Å². The second-order valence-corrected chi connectivity index (χ2v) is 8.24. The summed E-state index contributed by atoms with van der Waals surface area (Å²) in [6.45, 7) is 3.40. The summed E-state index contributed by atoms with van der Waals surface area (Å²) in [6, 6.07) is 0. The summed E-state index contributed by atoms with van der Waals surface area (Å²) in [5, 5.41) is 19.2. The highest BCUT2D eigenvalue weighted by Crippen LogP contribution is 2.39. The number of piperidine rings is 1. The van der Waals surface area contributed by atoms with Gasteiger partial charge in [-0.25, -0.2) is 10.4 Å². The molecule has 2 N–H and O–H groups in total. The Morgan fingerprint density at radius 1 is 1.34 bits per heavy atom. The highest BCUT2D eigenvalue weighted by atomic mass is 32.1. The fourth-order valence-electron chi connectivity index (χ4n) is 3.72. The molecule has 2 saturated heterocycles. The first-order chi connectivity index (χ1) is 13.6. The van der Waals surface area contributed by atoms with Crippen LogP contribution in [-0.2, 0) is 9.47 Å². The molecule has 158 valence electrons. The van der Waals surface area contributed by atoms with E-state index >= 15 is 0 Å². The summed E-state index contributed by atoms with van der Waals surface area (Å²) in [5.41, 5.74) is -2.61. The van der Waals surface area contributed by atoms with E-state index in [0.29, 0.717) is 37.7 Å². The van der Waals surface area contributed by atoms with E-state index in [4.69, 9.17) is 9.47 Å². The van der Waals surface area contributed by atoms with Gasteiger partial charge in [-0.2, -0.15) is 18.2 Å². The lowest BCUT2D eigenvalue weighted by molar-refractivity contribution is -0.955. The van der Waals surface area contributed by atoms with Crippen molar-refractivity contribution in [2.45, 2.75) is 44.3 Å². The average Bonchev–Trinajstić information content (AvgIpc) is 3.00. The van der Waals surface area contributed by atoms with E-state index in [9.17, 15) is 28.4 Å². The maximum Gasteiger partial charge on any atom is 0.413 e. The Bertz CT molecular complexity index is 947. The zero-order chi connectivity index (χ0) is 21.0. The van der Waals surface area contributed by atoms with Crippen LogP contribution in [0.1, 0.15) is 36.6 Å². The molecule has 8 nitrogen and oxygen atoms in total. The molecule has 0 bridgehead atoms. The number of fused-ring (bicyclic) bond motifs is 1. The first-order valence-corrected chi connectivity index (χ1v) is 9.83. The molecule has 3 heterocycles. The monoisotopic (exact) mass is 434 g/mol. The molecule has 2 fully saturated rings. The molecule has 0 saturated carbocycles. The van der Waals surface area contributed by atoms with Crippen LogP contribution in [0.25, 0.3) is 6.08 Å². The summed E-state index contributed by atoms with van der Waals surface area (Å²) >= 11 is 0.949. The molecular formula is C17H19F3N3O5S+. The minimum Gasteiger partial charge on any atom is -0.348 e. The summed E-state index contributed by atoms with van der Waals surface area (Å²) in [7, 11) is 0. The van der Waals surface area contributed by atoms with E-state index in [2.05, 4.69) is 4.98 Å². The highest BCUT2D eigenvalue weighted by Gasteiger charge is 2.44. The van der Waals surface area contributed by atoms with Crippen molar-refractivity contribution in [1.29, 1.82) is 0 Å². The Morgan fingerprint density at radius 3 is 2.59 bits per heavy atom. The zero-order valence-corrected chi connectivity index (χ0v) is 16.2. The van der Waals surface area contributed by atoms with Crippen LogP contribution in [0, 0.1) is 0 Å². The van der Waals surface area contributed by atoms with Gasteiger partial charge < -0.3 is 14.4 Å². The van der Waals surface area contributed by atoms with Crippen molar-refractivity contribution < 1.29 is 38.0 Å². The lowest BCUT2D eigenvalue weighted by Gasteiger charge is -2.38. The van der Waals surface area contributed by atoms with Crippen LogP contribution < -0.4 is 10.5 Å². The highest BCUT2D eigenvalue weighted by molar-refractivity contribution is 7.17. The molecule has 1 aromatic rings. The number of allylic oxidation sites excluding steroid dienone is 1. The van der Waals surface area contributed by atoms with Gasteiger partial charge in [0.15, 0.2) is 15.8 Å². The van der Waals surface area contributed by atoms with Gasteiger partial charge in [0.05, 0.1) is 24.7 Å². The minimum atomic E-state index is -4.70. The van der Waals surface area contributed by atoms with Crippen LogP contribution >= 0.6 is 11.3 Å². The number of halogens is 3. The van der Waals surface area contributed by atoms with Gasteiger partial charge in [-0.05, 0) is 13.0 Å². The van der Waals surface area contributed by atoms with E-state index in [1.165, 1.54) is 0 Å². The molecule has 1 spiro atoms. The van der Waals surface area contributed by atoms with Gasteiger partial charge in [0.1, 0.15) is 4.88 Å². The van der Waals surface area contributed by atoms with Gasteiger partial charge in [0.2, 0.25) is 0 Å². The largest absolute Gasteiger partial charge is 0.413 e. The van der Waals surface area contributed by atoms with Crippen molar-refractivity contribution in [3.63, 3.8) is 0 Å². The topological polar surface area (TPSA) is 95.1 Å². The fourth-order valence-corrected chi connectivity index (χ4v) is 4.88. The molecule has 29 heavy (non-hydrogen) atoms. The van der Waals surface area contributed by atoms with Gasteiger partial charge in [0.25, 0.3) is 5.56 Å². The number of rotatable bonds is 1. The second kappa shape index (κ2) is 6.96. The lowest BCUT2D eigenvalue weighted by Crippen LogP contribution is -2.46. The predicted molar refractivity (Wildman–Crippen MR) is 95.7 cm³/mol. The van der Waals surface area contributed by atoms with E-state index in [1.54, 1.807) is 0 Å². The molecule has 0 unspecified atom stereocenters. The summed E-state index contributed by atoms with van der Waals surface area (Å²) in [4.78, 5) is 17.9. The van der Waals surface area contributed by atoms with Crippen LogP contribution in [0.3, 0.4) is 0 Å². The molecule has 1 aliphatic carbocycles. The third-order valence-electron chi connectivity index (χ3n) is 5.20. The number of alkyl halides is 3. The first kappa shape index (κ1) is 20.1. The SMILES string of the molecule is C[C@H]1COC2(CCN(c3nc(=O)c4c(s3)C(=[N+](O)O)CC(C(F)(F)F)=C4)CC2)O1. The Morgan fingerprint density at radius 2 is 2.03 bits per heavy atom. The van der Waals surface area contributed by atoms with E-state index in [-0.39, 0.29) is 21.4 Å². The number of aromatic nitrogens is 1. The van der Waals surface area contributed by atoms with Crippen molar-refractivity contribution in [2.75, 3.05) is 24.6 Å². The molecule has 1 atom stereocenters. The molecular weight excluding hydrogens is 415 g/mol. The second-order valence-electron chi connectivity index (χ2n) is 7.26. The van der Waals surface area contributed by atoms with Crippen molar-refractivity contribution in [3.05, 3.63) is 26.4 Å². The van der Waals surface area contributed by atoms with Crippen LogP contribution in [0.2, 0.25) is 0 Å². The number of hydrogen-bond donors (Lipinski definition) is 2. The van der Waals surface area contributed by atoms with Crippen LogP contribution in [0.15, 0.2) is 10.4 Å². The number of anilines is 1. The van der Waals surface area contributed by atoms with Crippen molar-refractivity contribution in [1.82, 2.24) is 4.98 Å². The molecule has 12 heteroatoms. The van der Waals surface area contributed by atoms with Crippen LogP contribution in [0.4, 0.5) is 18.3 Å².